The lowest BCUT2D eigenvalue weighted by Gasteiger charge is -2.10. The number of nitro groups is 1. The smallest absolute Gasteiger partial charge is 0.278 e. The molecule has 7 heteroatoms. The number of nitro benzene ring substituents is 1. The van der Waals surface area contributed by atoms with E-state index < -0.39 is 0 Å². The normalized spacial score (nSPS) is 10.9. The monoisotopic (exact) mass is 387 g/mol. The summed E-state index contributed by atoms with van der Waals surface area (Å²) in [6, 6.07) is 15.2. The summed E-state index contributed by atoms with van der Waals surface area (Å²) in [5, 5.41) is 20.6. The van der Waals surface area contributed by atoms with E-state index in [4.69, 9.17) is 0 Å². The summed E-state index contributed by atoms with van der Waals surface area (Å²) in [5.74, 6) is 0. The molecule has 4 rings (SSSR count). The van der Waals surface area contributed by atoms with E-state index in [9.17, 15) is 10.1 Å². The second-order valence-corrected chi connectivity index (χ2v) is 6.86. The van der Waals surface area contributed by atoms with Crippen LogP contribution in [0.4, 0.5) is 11.4 Å². The van der Waals surface area contributed by atoms with Gasteiger partial charge in [0.1, 0.15) is 0 Å². The Labute approximate surface area is 168 Å². The highest BCUT2D eigenvalue weighted by Crippen LogP contribution is 2.30. The molecule has 7 nitrogen and oxygen atoms in total. The molecule has 0 bridgehead atoms. The van der Waals surface area contributed by atoms with Crippen molar-refractivity contribution in [2.75, 3.05) is 11.9 Å². The molecule has 0 radical (unpaired) electrons. The number of pyridine rings is 1. The van der Waals surface area contributed by atoms with E-state index in [0.717, 1.165) is 41.8 Å². The van der Waals surface area contributed by atoms with Crippen LogP contribution in [-0.2, 0) is 6.42 Å². The average Bonchev–Trinajstić information content (AvgIpc) is 3.12. The van der Waals surface area contributed by atoms with E-state index in [1.165, 1.54) is 11.6 Å². The number of aromatic nitrogens is 3. The van der Waals surface area contributed by atoms with Gasteiger partial charge in [0.2, 0.25) is 0 Å². The standard InChI is InChI=1S/C22H21N5O2/c1-16-17(15-26(25-16)18-7-3-2-4-8-18)6-5-12-24-21-9-10-22(27(28)29)20-14-23-13-11-19(20)21/h2-4,7-11,13-15,24H,5-6,12H2,1H3. The van der Waals surface area contributed by atoms with Crippen molar-refractivity contribution in [3.63, 3.8) is 0 Å². The predicted molar refractivity (Wildman–Crippen MR) is 114 cm³/mol. The average molecular weight is 387 g/mol. The van der Waals surface area contributed by atoms with E-state index in [2.05, 4.69) is 21.6 Å². The number of non-ortho nitro benzene ring substituents is 1. The van der Waals surface area contributed by atoms with Crippen LogP contribution >= 0.6 is 0 Å². The van der Waals surface area contributed by atoms with Crippen LogP contribution < -0.4 is 5.32 Å². The summed E-state index contributed by atoms with van der Waals surface area (Å²) < 4.78 is 1.91. The minimum Gasteiger partial charge on any atom is -0.385 e. The Kier molecular flexibility index (Phi) is 5.20. The molecule has 0 amide bonds. The fourth-order valence-electron chi connectivity index (χ4n) is 3.44. The lowest BCUT2D eigenvalue weighted by molar-refractivity contribution is -0.383. The topological polar surface area (TPSA) is 85.9 Å². The van der Waals surface area contributed by atoms with E-state index in [1.54, 1.807) is 24.5 Å². The van der Waals surface area contributed by atoms with Gasteiger partial charge in [0.05, 0.1) is 21.7 Å². The number of benzene rings is 2. The number of hydrogen-bond donors (Lipinski definition) is 1. The van der Waals surface area contributed by atoms with Crippen molar-refractivity contribution in [3.05, 3.63) is 88.5 Å². The molecule has 0 spiro atoms. The summed E-state index contributed by atoms with van der Waals surface area (Å²) in [4.78, 5) is 14.9. The van der Waals surface area contributed by atoms with Crippen molar-refractivity contribution in [2.24, 2.45) is 0 Å². The first-order chi connectivity index (χ1) is 14.1. The number of anilines is 1. The highest BCUT2D eigenvalue weighted by molar-refractivity contribution is 5.99. The highest BCUT2D eigenvalue weighted by atomic mass is 16.6. The van der Waals surface area contributed by atoms with Crippen LogP contribution in [-0.4, -0.2) is 26.2 Å². The van der Waals surface area contributed by atoms with Crippen molar-refractivity contribution in [2.45, 2.75) is 19.8 Å². The minimum atomic E-state index is -0.374. The zero-order valence-electron chi connectivity index (χ0n) is 16.1. The molecule has 1 N–H and O–H groups in total. The van der Waals surface area contributed by atoms with E-state index >= 15 is 0 Å². The molecule has 0 saturated carbocycles. The SMILES string of the molecule is Cc1nn(-c2ccccc2)cc1CCCNc1ccc([N+](=O)[O-])c2cnccc12. The van der Waals surface area contributed by atoms with E-state index in [1.807, 2.05) is 41.9 Å². The molecule has 146 valence electrons. The van der Waals surface area contributed by atoms with Gasteiger partial charge in [-0.1, -0.05) is 18.2 Å². The molecule has 29 heavy (non-hydrogen) atoms. The maximum absolute atomic E-state index is 11.2. The van der Waals surface area contributed by atoms with E-state index in [-0.39, 0.29) is 10.6 Å². The van der Waals surface area contributed by atoms with Crippen LogP contribution in [0.3, 0.4) is 0 Å². The van der Waals surface area contributed by atoms with Gasteiger partial charge < -0.3 is 5.32 Å². The first-order valence-electron chi connectivity index (χ1n) is 9.49. The number of fused-ring (bicyclic) bond motifs is 1. The predicted octanol–water partition coefficient (Wildman–Crippen LogP) is 4.68. The van der Waals surface area contributed by atoms with Gasteiger partial charge in [0.25, 0.3) is 5.69 Å². The molecule has 2 heterocycles. The first kappa shape index (κ1) is 18.6. The fraction of sp³-hybridized carbons (Fsp3) is 0.182. The third kappa shape index (κ3) is 3.94. The largest absolute Gasteiger partial charge is 0.385 e. The Hall–Kier alpha value is -3.74. The summed E-state index contributed by atoms with van der Waals surface area (Å²) >= 11 is 0. The number of nitrogens with zero attached hydrogens (tertiary/aromatic N) is 4. The van der Waals surface area contributed by atoms with Crippen LogP contribution in [0.1, 0.15) is 17.7 Å². The molecule has 2 aromatic heterocycles. The maximum Gasteiger partial charge on any atom is 0.278 e. The molecule has 0 fully saturated rings. The Bertz CT molecular complexity index is 1150. The zero-order valence-corrected chi connectivity index (χ0v) is 16.1. The molecule has 0 aliphatic heterocycles. The molecule has 0 atom stereocenters. The molecule has 0 unspecified atom stereocenters. The van der Waals surface area contributed by atoms with Gasteiger partial charge in [0.15, 0.2) is 0 Å². The highest BCUT2D eigenvalue weighted by Gasteiger charge is 2.14. The Morgan fingerprint density at radius 1 is 1.10 bits per heavy atom. The Morgan fingerprint density at radius 2 is 1.93 bits per heavy atom. The van der Waals surface area contributed by atoms with Gasteiger partial charge in [-0.15, -0.1) is 0 Å². The number of para-hydroxylation sites is 1. The molecular weight excluding hydrogens is 366 g/mol. The van der Waals surface area contributed by atoms with Gasteiger partial charge in [-0.3, -0.25) is 15.1 Å². The van der Waals surface area contributed by atoms with Crippen LogP contribution in [0.25, 0.3) is 16.5 Å². The van der Waals surface area contributed by atoms with Crippen molar-refractivity contribution < 1.29 is 4.92 Å². The van der Waals surface area contributed by atoms with E-state index in [0.29, 0.717) is 5.39 Å². The third-order valence-electron chi connectivity index (χ3n) is 4.95. The van der Waals surface area contributed by atoms with Crippen molar-refractivity contribution in [1.29, 1.82) is 0 Å². The molecule has 0 aliphatic rings. The fourth-order valence-corrected chi connectivity index (χ4v) is 3.44. The zero-order chi connectivity index (χ0) is 20.2. The van der Waals surface area contributed by atoms with Crippen molar-refractivity contribution >= 4 is 22.1 Å². The second-order valence-electron chi connectivity index (χ2n) is 6.86. The minimum absolute atomic E-state index is 0.0719. The number of rotatable bonds is 7. The van der Waals surface area contributed by atoms with Gasteiger partial charge in [-0.05, 0) is 49.6 Å². The van der Waals surface area contributed by atoms with Crippen LogP contribution in [0.5, 0.6) is 0 Å². The summed E-state index contributed by atoms with van der Waals surface area (Å²) in [7, 11) is 0. The van der Waals surface area contributed by atoms with Crippen molar-refractivity contribution in [3.8, 4) is 5.69 Å². The summed E-state index contributed by atoms with van der Waals surface area (Å²) in [6.45, 7) is 2.78. The third-order valence-corrected chi connectivity index (χ3v) is 4.95. The molecule has 0 aliphatic carbocycles. The van der Waals surface area contributed by atoms with Crippen LogP contribution in [0.2, 0.25) is 0 Å². The number of nitrogens with one attached hydrogen (secondary N) is 1. The molecule has 2 aromatic carbocycles. The lowest BCUT2D eigenvalue weighted by atomic mass is 10.1. The quantitative estimate of drug-likeness (QED) is 0.283. The van der Waals surface area contributed by atoms with Gasteiger partial charge in [-0.2, -0.15) is 5.10 Å². The van der Waals surface area contributed by atoms with Crippen molar-refractivity contribution in [1.82, 2.24) is 14.8 Å². The first-order valence-corrected chi connectivity index (χ1v) is 9.49. The summed E-state index contributed by atoms with van der Waals surface area (Å²) in [5.41, 5.74) is 4.24. The number of hydrogen-bond acceptors (Lipinski definition) is 5. The summed E-state index contributed by atoms with van der Waals surface area (Å²) in [6.07, 6.45) is 7.10. The Balaban J connectivity index is 1.42. The van der Waals surface area contributed by atoms with Gasteiger partial charge >= 0.3 is 0 Å². The molecule has 4 aromatic rings. The van der Waals surface area contributed by atoms with Gasteiger partial charge in [-0.25, -0.2) is 4.68 Å². The van der Waals surface area contributed by atoms with Crippen LogP contribution in [0, 0.1) is 17.0 Å². The molecular formula is C22H21N5O2. The Morgan fingerprint density at radius 3 is 2.72 bits per heavy atom. The lowest BCUT2D eigenvalue weighted by Crippen LogP contribution is -2.04. The van der Waals surface area contributed by atoms with Crippen LogP contribution in [0.15, 0.2) is 67.1 Å². The number of aryl methyl sites for hydroxylation is 2. The maximum atomic E-state index is 11.2. The second kappa shape index (κ2) is 8.10. The molecule has 0 saturated heterocycles. The van der Waals surface area contributed by atoms with Gasteiger partial charge in [0, 0.05) is 42.3 Å².